The largest absolute Gasteiger partial charge is 0.360 e. The van der Waals surface area contributed by atoms with Crippen LogP contribution in [-0.4, -0.2) is 25.6 Å². The van der Waals surface area contributed by atoms with Crippen molar-refractivity contribution in [1.29, 1.82) is 5.26 Å². The van der Waals surface area contributed by atoms with Crippen molar-refractivity contribution in [3.8, 4) is 6.07 Å². The summed E-state index contributed by atoms with van der Waals surface area (Å²) in [5.74, 6) is 0.221. The van der Waals surface area contributed by atoms with Gasteiger partial charge in [-0.3, -0.25) is 0 Å². The van der Waals surface area contributed by atoms with E-state index in [1.807, 2.05) is 36.4 Å². The van der Waals surface area contributed by atoms with E-state index in [0.29, 0.717) is 5.02 Å². The van der Waals surface area contributed by atoms with Gasteiger partial charge < -0.3 is 5.32 Å². The molecule has 24 heavy (non-hydrogen) atoms. The van der Waals surface area contributed by atoms with Gasteiger partial charge in [0.1, 0.15) is 16.7 Å². The molecule has 0 aliphatic rings. The monoisotopic (exact) mass is 355 g/mol. The number of anilines is 1. The summed E-state index contributed by atoms with van der Waals surface area (Å²) in [5, 5.41) is 26.8. The smallest absolute Gasteiger partial charge is 0.216 e. The van der Waals surface area contributed by atoms with Gasteiger partial charge in [0.15, 0.2) is 0 Å². The number of aromatic amines is 1. The molecule has 2 aromatic heterocycles. The molecule has 3 aromatic rings. The van der Waals surface area contributed by atoms with Gasteiger partial charge in [0.2, 0.25) is 5.82 Å². The van der Waals surface area contributed by atoms with Crippen LogP contribution in [0.15, 0.2) is 58.7 Å². The van der Waals surface area contributed by atoms with Crippen LogP contribution in [0.1, 0.15) is 5.82 Å². The molecule has 0 fully saturated rings. The van der Waals surface area contributed by atoms with Gasteiger partial charge in [-0.1, -0.05) is 29.4 Å². The van der Waals surface area contributed by atoms with Gasteiger partial charge in [-0.25, -0.2) is 4.98 Å². The Hall–Kier alpha value is -2.89. The molecule has 9 heteroatoms. The molecule has 0 amide bonds. The second-order valence-corrected chi connectivity index (χ2v) is 5.93. The van der Waals surface area contributed by atoms with E-state index < -0.39 is 0 Å². The van der Waals surface area contributed by atoms with Crippen LogP contribution in [0.2, 0.25) is 5.02 Å². The Balaban J connectivity index is 1.74. The number of hydrogen-bond donors (Lipinski definition) is 2. The number of rotatable bonds is 5. The molecule has 0 saturated heterocycles. The van der Waals surface area contributed by atoms with Crippen LogP contribution in [0.25, 0.3) is 5.57 Å². The van der Waals surface area contributed by atoms with Gasteiger partial charge >= 0.3 is 0 Å². The van der Waals surface area contributed by atoms with Crippen LogP contribution >= 0.6 is 23.4 Å². The minimum Gasteiger partial charge on any atom is -0.360 e. The second kappa shape index (κ2) is 7.59. The van der Waals surface area contributed by atoms with E-state index in [1.165, 1.54) is 18.0 Å². The summed E-state index contributed by atoms with van der Waals surface area (Å²) in [4.78, 5) is 5.15. The topological polar surface area (TPSA) is 103 Å². The maximum atomic E-state index is 9.12. The van der Waals surface area contributed by atoms with Crippen LogP contribution in [0.5, 0.6) is 0 Å². The van der Waals surface area contributed by atoms with Gasteiger partial charge in [0.25, 0.3) is 0 Å². The lowest BCUT2D eigenvalue weighted by atomic mass is 10.3. The van der Waals surface area contributed by atoms with Gasteiger partial charge in [-0.05, 0) is 35.5 Å². The maximum Gasteiger partial charge on any atom is 0.216 e. The third-order valence-corrected chi connectivity index (χ3v) is 4.33. The molecule has 0 bridgehead atoms. The quantitative estimate of drug-likeness (QED) is 0.676. The number of pyridine rings is 1. The van der Waals surface area contributed by atoms with E-state index in [9.17, 15) is 0 Å². The molecule has 3 rings (SSSR count). The third-order valence-electron chi connectivity index (χ3n) is 2.87. The van der Waals surface area contributed by atoms with E-state index in [2.05, 4.69) is 30.9 Å². The molecule has 7 nitrogen and oxygen atoms in total. The van der Waals surface area contributed by atoms with Crippen LogP contribution in [-0.2, 0) is 0 Å². The number of nitrogens with one attached hydrogen (secondary N) is 2. The molecule has 0 radical (unpaired) electrons. The summed E-state index contributed by atoms with van der Waals surface area (Å²) in [5.41, 5.74) is 0.994. The lowest BCUT2D eigenvalue weighted by Crippen LogP contribution is -1.93. The fourth-order valence-electron chi connectivity index (χ4n) is 1.77. The highest BCUT2D eigenvalue weighted by Gasteiger charge is 2.07. The van der Waals surface area contributed by atoms with E-state index in [4.69, 9.17) is 16.9 Å². The summed E-state index contributed by atoms with van der Waals surface area (Å²) in [6, 6.07) is 13.2. The minimum absolute atomic E-state index is 0.221. The lowest BCUT2D eigenvalue weighted by Gasteiger charge is -2.06. The number of allylic oxidation sites excluding steroid dienone is 1. The number of nitrogens with zero attached hydrogens (tertiary/aromatic N) is 5. The fraction of sp³-hybridized carbons (Fsp3) is 0. The summed E-state index contributed by atoms with van der Waals surface area (Å²) in [7, 11) is 0. The Morgan fingerprint density at radius 3 is 2.92 bits per heavy atom. The third kappa shape index (κ3) is 3.90. The Kier molecular flexibility index (Phi) is 5.05. The number of aromatic nitrogens is 5. The van der Waals surface area contributed by atoms with E-state index in [-0.39, 0.29) is 11.4 Å². The zero-order valence-corrected chi connectivity index (χ0v) is 13.7. The summed E-state index contributed by atoms with van der Waals surface area (Å²) >= 11 is 7.79. The lowest BCUT2D eigenvalue weighted by molar-refractivity contribution is 0.881. The summed E-state index contributed by atoms with van der Waals surface area (Å²) in [6.07, 6.45) is 3.24. The standard InChI is InChI=1S/C15H10ClN7S/c16-12-7-11(19-9-10(8-17)15-20-22-23-21-15)4-5-13(12)24-14-3-1-2-6-18-14/h1-7,9,19H,(H,20,21,22,23). The predicted molar refractivity (Wildman–Crippen MR) is 91.2 cm³/mol. The molecule has 118 valence electrons. The van der Waals surface area contributed by atoms with Crippen LogP contribution in [0, 0.1) is 11.3 Å². The molecule has 0 aliphatic heterocycles. The normalized spacial score (nSPS) is 11.1. The van der Waals surface area contributed by atoms with Crippen molar-refractivity contribution in [3.05, 3.63) is 59.6 Å². The fourth-order valence-corrected chi connectivity index (χ4v) is 2.85. The highest BCUT2D eigenvalue weighted by Crippen LogP contribution is 2.33. The zero-order chi connectivity index (χ0) is 16.8. The van der Waals surface area contributed by atoms with Gasteiger partial charge in [0.05, 0.1) is 5.02 Å². The Bertz CT molecular complexity index is 888. The first-order valence-corrected chi connectivity index (χ1v) is 7.95. The average Bonchev–Trinajstić information content (AvgIpc) is 3.13. The van der Waals surface area contributed by atoms with Crippen molar-refractivity contribution in [2.75, 3.05) is 5.32 Å². The highest BCUT2D eigenvalue weighted by molar-refractivity contribution is 7.99. The van der Waals surface area contributed by atoms with E-state index in [1.54, 1.807) is 12.3 Å². The van der Waals surface area contributed by atoms with Gasteiger partial charge in [-0.2, -0.15) is 10.5 Å². The summed E-state index contributed by atoms with van der Waals surface area (Å²) in [6.45, 7) is 0. The molecule has 0 aliphatic carbocycles. The Morgan fingerprint density at radius 2 is 2.25 bits per heavy atom. The van der Waals surface area contributed by atoms with Crippen molar-refractivity contribution in [2.24, 2.45) is 0 Å². The molecule has 0 spiro atoms. The second-order valence-electron chi connectivity index (χ2n) is 4.46. The minimum atomic E-state index is 0.221. The first kappa shape index (κ1) is 16.0. The molecular formula is C15H10ClN7S. The van der Waals surface area contributed by atoms with Gasteiger partial charge in [0, 0.05) is 23.0 Å². The van der Waals surface area contributed by atoms with E-state index in [0.717, 1.165) is 15.6 Å². The molecule has 2 heterocycles. The molecule has 0 unspecified atom stereocenters. The Labute approximate surface area is 146 Å². The predicted octanol–water partition coefficient (Wildman–Crippen LogP) is 3.38. The molecule has 0 atom stereocenters. The van der Waals surface area contributed by atoms with Crippen molar-refractivity contribution in [1.82, 2.24) is 25.6 Å². The van der Waals surface area contributed by atoms with Crippen molar-refractivity contribution in [3.63, 3.8) is 0 Å². The number of halogens is 1. The molecule has 0 saturated carbocycles. The zero-order valence-electron chi connectivity index (χ0n) is 12.1. The number of hydrogen-bond acceptors (Lipinski definition) is 7. The van der Waals surface area contributed by atoms with Crippen molar-refractivity contribution >= 4 is 34.6 Å². The average molecular weight is 356 g/mol. The molecular weight excluding hydrogens is 346 g/mol. The SMILES string of the molecule is N#CC(=CNc1ccc(Sc2ccccn2)c(Cl)c1)c1nn[nH]n1. The number of H-pyrrole nitrogens is 1. The van der Waals surface area contributed by atoms with Crippen LogP contribution in [0.3, 0.4) is 0 Å². The van der Waals surface area contributed by atoms with Crippen LogP contribution < -0.4 is 5.32 Å². The number of nitriles is 1. The first-order chi connectivity index (χ1) is 11.8. The van der Waals surface area contributed by atoms with Gasteiger partial charge in [-0.15, -0.1) is 10.2 Å². The van der Waals surface area contributed by atoms with E-state index >= 15 is 0 Å². The van der Waals surface area contributed by atoms with Crippen LogP contribution in [0.4, 0.5) is 5.69 Å². The summed E-state index contributed by atoms with van der Waals surface area (Å²) < 4.78 is 0. The van der Waals surface area contributed by atoms with Crippen molar-refractivity contribution < 1.29 is 0 Å². The number of tetrazole rings is 1. The highest BCUT2D eigenvalue weighted by atomic mass is 35.5. The first-order valence-electron chi connectivity index (χ1n) is 6.75. The Morgan fingerprint density at radius 1 is 1.33 bits per heavy atom. The maximum absolute atomic E-state index is 9.12. The molecule has 1 aromatic carbocycles. The molecule has 2 N–H and O–H groups in total. The van der Waals surface area contributed by atoms with Crippen molar-refractivity contribution in [2.45, 2.75) is 9.92 Å². The number of benzene rings is 1.